The number of fused-ring (bicyclic) bond motifs is 1. The van der Waals surface area contributed by atoms with Gasteiger partial charge < -0.3 is 4.74 Å². The van der Waals surface area contributed by atoms with E-state index in [9.17, 15) is 4.79 Å². The summed E-state index contributed by atoms with van der Waals surface area (Å²) < 4.78 is 5.68. The third-order valence-corrected chi connectivity index (χ3v) is 3.96. The second-order valence-corrected chi connectivity index (χ2v) is 5.39. The van der Waals surface area contributed by atoms with Gasteiger partial charge in [-0.05, 0) is 18.6 Å². The van der Waals surface area contributed by atoms with Crippen LogP contribution in [0, 0.1) is 6.92 Å². The minimum Gasteiger partial charge on any atom is -0.482 e. The lowest BCUT2D eigenvalue weighted by Gasteiger charge is -2.07. The number of ketones is 1. The van der Waals surface area contributed by atoms with Crippen LogP contribution in [0.3, 0.4) is 0 Å². The Morgan fingerprint density at radius 2 is 2.33 bits per heavy atom. The van der Waals surface area contributed by atoms with E-state index in [1.165, 1.54) is 11.3 Å². The van der Waals surface area contributed by atoms with Gasteiger partial charge in [0.1, 0.15) is 10.8 Å². The number of thiazole rings is 1. The SMILES string of the molecule is Cc1csc(CC(=O)C2Cc3ccccc3O2)n1. The van der Waals surface area contributed by atoms with E-state index in [2.05, 4.69) is 4.98 Å². The number of Topliss-reactive ketones (excluding diaryl/α,β-unsaturated/α-hetero) is 1. The van der Waals surface area contributed by atoms with E-state index in [1.807, 2.05) is 36.6 Å². The van der Waals surface area contributed by atoms with Crippen molar-refractivity contribution in [2.45, 2.75) is 25.9 Å². The number of benzene rings is 1. The molecule has 0 spiro atoms. The van der Waals surface area contributed by atoms with Crippen molar-refractivity contribution in [3.05, 3.63) is 45.9 Å². The number of nitrogens with zero attached hydrogens (tertiary/aromatic N) is 1. The molecule has 92 valence electrons. The van der Waals surface area contributed by atoms with E-state index in [-0.39, 0.29) is 11.9 Å². The van der Waals surface area contributed by atoms with Gasteiger partial charge in [-0.15, -0.1) is 11.3 Å². The second kappa shape index (κ2) is 4.53. The molecule has 1 unspecified atom stereocenters. The number of aromatic nitrogens is 1. The smallest absolute Gasteiger partial charge is 0.180 e. The number of carbonyl (C=O) groups is 1. The Morgan fingerprint density at radius 3 is 3.06 bits per heavy atom. The highest BCUT2D eigenvalue weighted by atomic mass is 32.1. The Labute approximate surface area is 109 Å². The monoisotopic (exact) mass is 259 g/mol. The summed E-state index contributed by atoms with van der Waals surface area (Å²) in [6.07, 6.45) is 0.711. The average molecular weight is 259 g/mol. The average Bonchev–Trinajstić information content (AvgIpc) is 2.95. The summed E-state index contributed by atoms with van der Waals surface area (Å²) in [6, 6.07) is 7.82. The van der Waals surface area contributed by atoms with E-state index >= 15 is 0 Å². The molecule has 1 aromatic carbocycles. The number of hydrogen-bond donors (Lipinski definition) is 0. The van der Waals surface area contributed by atoms with Crippen molar-refractivity contribution >= 4 is 17.1 Å². The van der Waals surface area contributed by atoms with Crippen LogP contribution < -0.4 is 4.74 Å². The van der Waals surface area contributed by atoms with Crippen LogP contribution in [-0.2, 0) is 17.6 Å². The fraction of sp³-hybridized carbons (Fsp3) is 0.286. The Bertz CT molecular complexity index is 566. The first-order valence-electron chi connectivity index (χ1n) is 5.90. The maximum atomic E-state index is 12.1. The summed E-state index contributed by atoms with van der Waals surface area (Å²) in [4.78, 5) is 16.4. The Morgan fingerprint density at radius 1 is 1.50 bits per heavy atom. The van der Waals surface area contributed by atoms with Crippen molar-refractivity contribution < 1.29 is 9.53 Å². The van der Waals surface area contributed by atoms with Crippen molar-refractivity contribution in [3.8, 4) is 5.75 Å². The molecular formula is C14H13NO2S. The van der Waals surface area contributed by atoms with Crippen molar-refractivity contribution in [2.24, 2.45) is 0 Å². The minimum absolute atomic E-state index is 0.112. The van der Waals surface area contributed by atoms with Gasteiger partial charge in [-0.25, -0.2) is 4.98 Å². The first kappa shape index (κ1) is 11.4. The molecule has 0 saturated carbocycles. The number of rotatable bonds is 3. The highest BCUT2D eigenvalue weighted by Crippen LogP contribution is 2.29. The van der Waals surface area contributed by atoms with Gasteiger partial charge in [-0.3, -0.25) is 4.79 Å². The molecule has 0 fully saturated rings. The van der Waals surface area contributed by atoms with Crippen LogP contribution in [0.25, 0.3) is 0 Å². The van der Waals surface area contributed by atoms with Gasteiger partial charge in [0.25, 0.3) is 0 Å². The van der Waals surface area contributed by atoms with Crippen molar-refractivity contribution in [2.75, 3.05) is 0 Å². The molecule has 0 saturated heterocycles. The van der Waals surface area contributed by atoms with E-state index in [0.717, 1.165) is 22.0 Å². The molecule has 3 nitrogen and oxygen atoms in total. The molecule has 0 aliphatic carbocycles. The van der Waals surface area contributed by atoms with Crippen LogP contribution in [0.5, 0.6) is 5.75 Å². The number of aryl methyl sites for hydroxylation is 1. The van der Waals surface area contributed by atoms with Gasteiger partial charge in [-0.1, -0.05) is 18.2 Å². The van der Waals surface area contributed by atoms with Crippen LogP contribution in [-0.4, -0.2) is 16.9 Å². The molecule has 1 aliphatic heterocycles. The van der Waals surface area contributed by atoms with Crippen LogP contribution in [0.2, 0.25) is 0 Å². The minimum atomic E-state index is -0.341. The summed E-state index contributed by atoms with van der Waals surface area (Å²) in [5.41, 5.74) is 2.09. The maximum absolute atomic E-state index is 12.1. The lowest BCUT2D eigenvalue weighted by atomic mass is 10.1. The topological polar surface area (TPSA) is 39.2 Å². The largest absolute Gasteiger partial charge is 0.482 e. The maximum Gasteiger partial charge on any atom is 0.180 e. The molecule has 0 amide bonds. The van der Waals surface area contributed by atoms with Gasteiger partial charge in [0.2, 0.25) is 0 Å². The second-order valence-electron chi connectivity index (χ2n) is 4.44. The number of hydrogen-bond acceptors (Lipinski definition) is 4. The standard InChI is InChI=1S/C14H13NO2S/c1-9-8-18-14(15-9)7-11(16)13-6-10-4-2-3-5-12(10)17-13/h2-5,8,13H,6-7H2,1H3. The number of carbonyl (C=O) groups excluding carboxylic acids is 1. The lowest BCUT2D eigenvalue weighted by Crippen LogP contribution is -2.26. The molecule has 18 heavy (non-hydrogen) atoms. The van der Waals surface area contributed by atoms with E-state index < -0.39 is 0 Å². The summed E-state index contributed by atoms with van der Waals surface area (Å²) in [6.45, 7) is 1.94. The molecule has 2 heterocycles. The van der Waals surface area contributed by atoms with Gasteiger partial charge in [-0.2, -0.15) is 0 Å². The van der Waals surface area contributed by atoms with Gasteiger partial charge in [0.05, 0.1) is 6.42 Å². The highest BCUT2D eigenvalue weighted by molar-refractivity contribution is 7.09. The molecule has 2 aromatic rings. The Hall–Kier alpha value is -1.68. The van der Waals surface area contributed by atoms with Crippen LogP contribution in [0.15, 0.2) is 29.6 Å². The molecule has 0 bridgehead atoms. The molecule has 0 N–H and O–H groups in total. The molecule has 4 heteroatoms. The van der Waals surface area contributed by atoms with E-state index in [0.29, 0.717) is 12.8 Å². The van der Waals surface area contributed by atoms with Gasteiger partial charge >= 0.3 is 0 Å². The van der Waals surface area contributed by atoms with Crippen molar-refractivity contribution in [1.82, 2.24) is 4.98 Å². The zero-order chi connectivity index (χ0) is 12.5. The molecule has 1 aromatic heterocycles. The summed E-state index contributed by atoms with van der Waals surface area (Å²) in [7, 11) is 0. The predicted molar refractivity (Wildman–Crippen MR) is 70.1 cm³/mol. The lowest BCUT2D eigenvalue weighted by molar-refractivity contribution is -0.124. The van der Waals surface area contributed by atoms with Crippen LogP contribution in [0.4, 0.5) is 0 Å². The predicted octanol–water partition coefficient (Wildman–Crippen LogP) is 2.57. The molecule has 0 radical (unpaired) electrons. The Kier molecular flexibility index (Phi) is 2.88. The summed E-state index contributed by atoms with van der Waals surface area (Å²) in [5.74, 6) is 0.951. The zero-order valence-corrected chi connectivity index (χ0v) is 10.9. The van der Waals surface area contributed by atoms with E-state index in [1.54, 1.807) is 0 Å². The van der Waals surface area contributed by atoms with Gasteiger partial charge in [0, 0.05) is 17.5 Å². The van der Waals surface area contributed by atoms with Crippen molar-refractivity contribution in [3.63, 3.8) is 0 Å². The normalized spacial score (nSPS) is 17.3. The zero-order valence-electron chi connectivity index (χ0n) is 10.1. The third kappa shape index (κ3) is 2.16. The third-order valence-electron chi connectivity index (χ3n) is 3.00. The van der Waals surface area contributed by atoms with E-state index in [4.69, 9.17) is 4.74 Å². The quantitative estimate of drug-likeness (QED) is 0.850. The van der Waals surface area contributed by atoms with Gasteiger partial charge in [0.15, 0.2) is 11.9 Å². The van der Waals surface area contributed by atoms with Crippen molar-refractivity contribution in [1.29, 1.82) is 0 Å². The fourth-order valence-corrected chi connectivity index (χ4v) is 2.89. The highest BCUT2D eigenvalue weighted by Gasteiger charge is 2.28. The summed E-state index contributed by atoms with van der Waals surface area (Å²) >= 11 is 1.53. The molecule has 3 rings (SSSR count). The van der Waals surface area contributed by atoms with Crippen LogP contribution >= 0.6 is 11.3 Å². The first-order valence-corrected chi connectivity index (χ1v) is 6.78. The molecular weight excluding hydrogens is 246 g/mol. The number of para-hydroxylation sites is 1. The first-order chi connectivity index (χ1) is 8.72. The molecule has 1 atom stereocenters. The van der Waals surface area contributed by atoms with Crippen LogP contribution in [0.1, 0.15) is 16.3 Å². The number of ether oxygens (including phenoxy) is 1. The summed E-state index contributed by atoms with van der Waals surface area (Å²) in [5, 5.41) is 2.84. The fourth-order valence-electron chi connectivity index (χ4n) is 2.11. The Balaban J connectivity index is 1.69. The molecule has 1 aliphatic rings.